The monoisotopic (exact) mass is 673 g/mol. The number of carbonyl (C=O) groups excluding carboxylic acids is 1. The first-order valence-corrected chi connectivity index (χ1v) is 18.1. The van der Waals surface area contributed by atoms with Crippen LogP contribution in [0.3, 0.4) is 0 Å². The van der Waals surface area contributed by atoms with Crippen molar-refractivity contribution >= 4 is 69.4 Å². The molecule has 3 aliphatic heterocycles. The van der Waals surface area contributed by atoms with Gasteiger partial charge in [0.15, 0.2) is 0 Å². The summed E-state index contributed by atoms with van der Waals surface area (Å²) in [6, 6.07) is 16.5. The Hall–Kier alpha value is -2.33. The van der Waals surface area contributed by atoms with Crippen LogP contribution in [-0.4, -0.2) is 57.4 Å². The Kier molecular flexibility index (Phi) is 9.32. The summed E-state index contributed by atoms with van der Waals surface area (Å²) in [7, 11) is 0.688. The molecule has 1 amide bonds. The standard InChI is InChI=1S/C20H23IN4OS2.C9H9NO/c1-28(26)24-11-7-15(8-12-24)19-13-17-18(23-9-3-2-4-10-23)6-5-16(14-22)20(17)25(19)27-21;11-9-8-4-2-1-3-7(8)5-6-10-9/h5-7,13H,2-4,8-12H2,1H3;1-4H,5-6H2,(H,10,11). The van der Waals surface area contributed by atoms with Gasteiger partial charge in [0.1, 0.15) is 6.07 Å². The third-order valence-electron chi connectivity index (χ3n) is 7.59. The second-order valence-corrected chi connectivity index (χ2v) is 13.0. The predicted molar refractivity (Wildman–Crippen MR) is 170 cm³/mol. The highest BCUT2D eigenvalue weighted by molar-refractivity contribution is 14.2. The summed E-state index contributed by atoms with van der Waals surface area (Å²) in [6.45, 7) is 4.44. The van der Waals surface area contributed by atoms with E-state index in [1.807, 2.05) is 34.6 Å². The first-order chi connectivity index (χ1) is 19.0. The molecule has 39 heavy (non-hydrogen) atoms. The molecule has 7 nitrogen and oxygen atoms in total. The molecule has 0 spiro atoms. The van der Waals surface area contributed by atoms with Gasteiger partial charge in [-0.05, 0) is 67.5 Å². The van der Waals surface area contributed by atoms with E-state index >= 15 is 0 Å². The fourth-order valence-corrected chi connectivity index (χ4v) is 7.92. The van der Waals surface area contributed by atoms with E-state index in [0.717, 1.165) is 66.9 Å². The molecule has 6 rings (SSSR count). The number of amides is 1. The van der Waals surface area contributed by atoms with E-state index in [0.29, 0.717) is 6.54 Å². The molecule has 10 heteroatoms. The Morgan fingerprint density at radius 2 is 1.87 bits per heavy atom. The summed E-state index contributed by atoms with van der Waals surface area (Å²) in [5, 5.41) is 13.7. The lowest BCUT2D eigenvalue weighted by molar-refractivity contribution is 0.0946. The van der Waals surface area contributed by atoms with Crippen molar-refractivity contribution in [2.45, 2.75) is 32.1 Å². The van der Waals surface area contributed by atoms with Gasteiger partial charge in [0.05, 0.1) is 27.8 Å². The lowest BCUT2D eigenvalue weighted by atomic mass is 10.0. The zero-order valence-electron chi connectivity index (χ0n) is 22.0. The number of hydrogen-bond acceptors (Lipinski definition) is 5. The highest BCUT2D eigenvalue weighted by atomic mass is 127. The highest BCUT2D eigenvalue weighted by Gasteiger charge is 2.24. The van der Waals surface area contributed by atoms with Gasteiger partial charge in [0.25, 0.3) is 5.91 Å². The Bertz CT molecular complexity index is 1470. The van der Waals surface area contributed by atoms with Crippen LogP contribution in [0.4, 0.5) is 5.69 Å². The van der Waals surface area contributed by atoms with Gasteiger partial charge in [0, 0.05) is 85.9 Å². The number of piperidine rings is 1. The van der Waals surface area contributed by atoms with E-state index in [1.165, 1.54) is 35.9 Å². The molecule has 0 saturated carbocycles. The topological polar surface area (TPSA) is 81.4 Å². The maximum Gasteiger partial charge on any atom is 0.251 e. The van der Waals surface area contributed by atoms with Gasteiger partial charge in [-0.2, -0.15) is 5.26 Å². The lowest BCUT2D eigenvalue weighted by Crippen LogP contribution is -2.31. The van der Waals surface area contributed by atoms with Crippen molar-refractivity contribution in [2.75, 3.05) is 43.9 Å². The molecule has 1 atom stereocenters. The van der Waals surface area contributed by atoms with Gasteiger partial charge in [-0.25, -0.2) is 8.51 Å². The summed E-state index contributed by atoms with van der Waals surface area (Å²) in [5.41, 5.74) is 7.41. The van der Waals surface area contributed by atoms with Gasteiger partial charge in [0.2, 0.25) is 0 Å². The van der Waals surface area contributed by atoms with Crippen molar-refractivity contribution in [3.8, 4) is 6.07 Å². The predicted octanol–water partition coefficient (Wildman–Crippen LogP) is 5.70. The van der Waals surface area contributed by atoms with Crippen molar-refractivity contribution in [3.05, 3.63) is 70.9 Å². The summed E-state index contributed by atoms with van der Waals surface area (Å²) < 4.78 is 15.9. The fraction of sp³-hybridized carbons (Fsp3) is 0.379. The number of rotatable bonds is 4. The summed E-state index contributed by atoms with van der Waals surface area (Å²) in [6.07, 6.45) is 9.51. The summed E-state index contributed by atoms with van der Waals surface area (Å²) in [4.78, 5) is 13.6. The lowest BCUT2D eigenvalue weighted by Gasteiger charge is -2.29. The maximum absolute atomic E-state index is 11.8. The average molecular weight is 674 g/mol. The van der Waals surface area contributed by atoms with Crippen molar-refractivity contribution in [1.82, 2.24) is 13.6 Å². The van der Waals surface area contributed by atoms with Gasteiger partial charge < -0.3 is 10.2 Å². The van der Waals surface area contributed by atoms with Gasteiger partial charge in [-0.1, -0.05) is 24.3 Å². The molecule has 0 aliphatic carbocycles. The molecule has 1 unspecified atom stereocenters. The van der Waals surface area contributed by atoms with Crippen LogP contribution >= 0.6 is 30.3 Å². The van der Waals surface area contributed by atoms with Crippen LogP contribution in [-0.2, 0) is 17.4 Å². The largest absolute Gasteiger partial charge is 0.371 e. The molecule has 2 aromatic carbocycles. The minimum absolute atomic E-state index is 0.0619. The summed E-state index contributed by atoms with van der Waals surface area (Å²) in [5.74, 6) is 0.0619. The normalized spacial score (nSPS) is 18.3. The van der Waals surface area contributed by atoms with Crippen molar-refractivity contribution in [2.24, 2.45) is 0 Å². The number of benzene rings is 2. The van der Waals surface area contributed by atoms with E-state index in [2.05, 4.69) is 59.7 Å². The maximum atomic E-state index is 11.8. The number of carbonyl (C=O) groups is 1. The van der Waals surface area contributed by atoms with E-state index in [-0.39, 0.29) is 5.91 Å². The number of anilines is 1. The highest BCUT2D eigenvalue weighted by Crippen LogP contribution is 2.40. The molecular weight excluding hydrogens is 641 g/mol. The molecule has 3 aromatic rings. The molecule has 1 aromatic heterocycles. The number of fused-ring (bicyclic) bond motifs is 2. The fourth-order valence-electron chi connectivity index (χ4n) is 5.55. The van der Waals surface area contributed by atoms with Crippen LogP contribution in [0.25, 0.3) is 16.5 Å². The third kappa shape index (κ3) is 6.06. The molecule has 4 heterocycles. The Morgan fingerprint density at radius 3 is 2.54 bits per heavy atom. The van der Waals surface area contributed by atoms with E-state index in [4.69, 9.17) is 0 Å². The molecule has 3 aliphatic rings. The number of nitrogens with zero attached hydrogens (tertiary/aromatic N) is 4. The van der Waals surface area contributed by atoms with Crippen molar-refractivity contribution in [3.63, 3.8) is 0 Å². The van der Waals surface area contributed by atoms with Crippen molar-refractivity contribution in [1.29, 1.82) is 5.26 Å². The van der Waals surface area contributed by atoms with Crippen LogP contribution in [0.1, 0.15) is 52.9 Å². The van der Waals surface area contributed by atoms with E-state index in [1.54, 1.807) is 15.4 Å². The zero-order chi connectivity index (χ0) is 27.4. The zero-order valence-corrected chi connectivity index (χ0v) is 25.8. The van der Waals surface area contributed by atoms with Crippen molar-refractivity contribution < 1.29 is 9.00 Å². The SMILES string of the molecule is CS(=O)N1CC=C(c2cc3c(N4CCCCC4)ccc(C#N)c3n2SI)CC1.O=C1NCCc2ccccc21. The number of aromatic nitrogens is 1. The first kappa shape index (κ1) is 28.2. The van der Waals surface area contributed by atoms with Crippen LogP contribution in [0.5, 0.6) is 0 Å². The number of halogens is 1. The van der Waals surface area contributed by atoms with Gasteiger partial charge in [-0.3, -0.25) is 8.77 Å². The van der Waals surface area contributed by atoms with E-state index in [9.17, 15) is 14.3 Å². The smallest absolute Gasteiger partial charge is 0.251 e. The van der Waals surface area contributed by atoms with Crippen LogP contribution in [0.15, 0.2) is 48.5 Å². The van der Waals surface area contributed by atoms with E-state index < -0.39 is 11.0 Å². The molecule has 1 fully saturated rings. The van der Waals surface area contributed by atoms with Gasteiger partial charge in [-0.15, -0.1) is 0 Å². The average Bonchev–Trinajstić information content (AvgIpc) is 3.38. The molecular formula is C29H32IN5O2S2. The molecule has 204 valence electrons. The van der Waals surface area contributed by atoms with Crippen LogP contribution in [0.2, 0.25) is 0 Å². The number of nitriles is 1. The second-order valence-electron chi connectivity index (χ2n) is 9.90. The minimum Gasteiger partial charge on any atom is -0.371 e. The number of hydrogen-bond donors (Lipinski definition) is 1. The minimum atomic E-state index is -0.932. The molecule has 0 radical (unpaired) electrons. The quantitative estimate of drug-likeness (QED) is 0.360. The third-order valence-corrected chi connectivity index (χ3v) is 10.3. The molecule has 1 N–H and O–H groups in total. The molecule has 1 saturated heterocycles. The van der Waals surface area contributed by atoms with Gasteiger partial charge >= 0.3 is 0 Å². The second kappa shape index (κ2) is 12.9. The van der Waals surface area contributed by atoms with Crippen LogP contribution in [0, 0.1) is 11.3 Å². The Morgan fingerprint density at radius 1 is 1.08 bits per heavy atom. The number of nitrogens with one attached hydrogen (secondary N) is 1. The molecule has 0 bridgehead atoms. The summed E-state index contributed by atoms with van der Waals surface area (Å²) >= 11 is 2.30. The Labute approximate surface area is 248 Å². The van der Waals surface area contributed by atoms with Crippen LogP contribution < -0.4 is 10.2 Å². The Balaban J connectivity index is 0.000000233. The first-order valence-electron chi connectivity index (χ1n) is 13.3.